The van der Waals surface area contributed by atoms with Gasteiger partial charge < -0.3 is 19.1 Å². The summed E-state index contributed by atoms with van der Waals surface area (Å²) in [5.41, 5.74) is 2.23. The minimum absolute atomic E-state index is 0.238. The highest BCUT2D eigenvalue weighted by Gasteiger charge is 2.16. The van der Waals surface area contributed by atoms with Gasteiger partial charge in [-0.25, -0.2) is 4.79 Å². The lowest BCUT2D eigenvalue weighted by molar-refractivity contribution is 0.0600. The Labute approximate surface area is 197 Å². The van der Waals surface area contributed by atoms with Crippen molar-refractivity contribution >= 4 is 17.6 Å². The lowest BCUT2D eigenvalue weighted by Gasteiger charge is -2.27. The first-order valence-electron chi connectivity index (χ1n) is 11.0. The summed E-state index contributed by atoms with van der Waals surface area (Å²) in [5, 5.41) is 8.55. The Morgan fingerprint density at radius 3 is 2.79 bits per heavy atom. The summed E-state index contributed by atoms with van der Waals surface area (Å²) in [4.78, 5) is 27.1. The van der Waals surface area contributed by atoms with Crippen LogP contribution in [-0.4, -0.2) is 60.9 Å². The molecular weight excluding hydrogens is 436 g/mol. The quantitative estimate of drug-likeness (QED) is 0.351. The number of benzene rings is 1. The van der Waals surface area contributed by atoms with E-state index < -0.39 is 5.97 Å². The van der Waals surface area contributed by atoms with Gasteiger partial charge in [-0.15, -0.1) is 5.11 Å². The first-order valence-corrected chi connectivity index (χ1v) is 11.0. The molecule has 0 bridgehead atoms. The SMILES string of the molecule is COC(=O)c1cccc(CN=Nc2cc(N3CCOCC3)nc(OCCc3ccccn3)n2)c1. The maximum atomic E-state index is 11.7. The van der Waals surface area contributed by atoms with Crippen molar-refractivity contribution in [3.63, 3.8) is 0 Å². The van der Waals surface area contributed by atoms with Crippen molar-refractivity contribution < 1.29 is 19.0 Å². The Hall–Kier alpha value is -3.92. The molecule has 0 unspecified atom stereocenters. The molecule has 0 N–H and O–H groups in total. The third-order valence-electron chi connectivity index (χ3n) is 5.10. The van der Waals surface area contributed by atoms with Gasteiger partial charge in [-0.05, 0) is 29.8 Å². The number of ether oxygens (including phenoxy) is 3. The number of methoxy groups -OCH3 is 1. The molecule has 1 aliphatic heterocycles. The highest BCUT2D eigenvalue weighted by molar-refractivity contribution is 5.89. The van der Waals surface area contributed by atoms with Gasteiger partial charge in [0.15, 0.2) is 5.82 Å². The Morgan fingerprint density at radius 2 is 2.00 bits per heavy atom. The summed E-state index contributed by atoms with van der Waals surface area (Å²) in [6, 6.07) is 14.9. The zero-order chi connectivity index (χ0) is 23.6. The molecule has 1 fully saturated rings. The van der Waals surface area contributed by atoms with Crippen LogP contribution in [0.3, 0.4) is 0 Å². The van der Waals surface area contributed by atoms with Crippen LogP contribution in [0.25, 0.3) is 0 Å². The van der Waals surface area contributed by atoms with Crippen LogP contribution in [0.15, 0.2) is 65.0 Å². The van der Waals surface area contributed by atoms with E-state index in [4.69, 9.17) is 14.2 Å². The van der Waals surface area contributed by atoms with Crippen LogP contribution < -0.4 is 9.64 Å². The number of morpholine rings is 1. The van der Waals surface area contributed by atoms with Gasteiger partial charge in [-0.3, -0.25) is 4.98 Å². The summed E-state index contributed by atoms with van der Waals surface area (Å²) in [7, 11) is 1.35. The first kappa shape index (κ1) is 23.2. The normalized spacial score (nSPS) is 13.7. The molecule has 1 aliphatic rings. The smallest absolute Gasteiger partial charge is 0.337 e. The van der Waals surface area contributed by atoms with E-state index >= 15 is 0 Å². The number of rotatable bonds is 9. The summed E-state index contributed by atoms with van der Waals surface area (Å²) < 4.78 is 16.0. The van der Waals surface area contributed by atoms with Crippen LogP contribution in [-0.2, 0) is 22.4 Å². The van der Waals surface area contributed by atoms with Gasteiger partial charge in [0.2, 0.25) is 0 Å². The summed E-state index contributed by atoms with van der Waals surface area (Å²) in [6.07, 6.45) is 2.39. The number of carbonyl (C=O) groups is 1. The Bertz CT molecular complexity index is 1120. The molecule has 34 heavy (non-hydrogen) atoms. The second-order valence-electron chi connectivity index (χ2n) is 7.48. The fourth-order valence-corrected chi connectivity index (χ4v) is 3.37. The molecule has 176 valence electrons. The van der Waals surface area contributed by atoms with E-state index in [1.54, 1.807) is 30.5 Å². The fourth-order valence-electron chi connectivity index (χ4n) is 3.37. The monoisotopic (exact) mass is 462 g/mol. The number of nitrogens with zero attached hydrogens (tertiary/aromatic N) is 6. The molecule has 0 atom stereocenters. The molecule has 0 aliphatic carbocycles. The molecule has 0 radical (unpaired) electrons. The van der Waals surface area contributed by atoms with Crippen LogP contribution in [0.5, 0.6) is 6.01 Å². The minimum Gasteiger partial charge on any atom is -0.465 e. The van der Waals surface area contributed by atoms with Gasteiger partial charge in [-0.2, -0.15) is 15.1 Å². The molecule has 10 nitrogen and oxygen atoms in total. The van der Waals surface area contributed by atoms with Gasteiger partial charge in [0.1, 0.15) is 5.82 Å². The van der Waals surface area contributed by atoms with Gasteiger partial charge in [0.25, 0.3) is 0 Å². The van der Waals surface area contributed by atoms with E-state index in [0.717, 1.165) is 24.3 Å². The van der Waals surface area contributed by atoms with Gasteiger partial charge in [0, 0.05) is 37.5 Å². The lowest BCUT2D eigenvalue weighted by Crippen LogP contribution is -2.36. The lowest BCUT2D eigenvalue weighted by atomic mass is 10.1. The fraction of sp³-hybridized carbons (Fsp3) is 0.333. The first-order chi connectivity index (χ1) is 16.7. The van der Waals surface area contributed by atoms with E-state index in [-0.39, 0.29) is 12.6 Å². The molecule has 3 aromatic rings. The number of azo groups is 1. The third-order valence-corrected chi connectivity index (χ3v) is 5.10. The number of hydrogen-bond donors (Lipinski definition) is 0. The topological polar surface area (TPSA) is 111 Å². The predicted octanol–water partition coefficient (Wildman–Crippen LogP) is 3.40. The van der Waals surface area contributed by atoms with Gasteiger partial charge in [0.05, 0.1) is 39.0 Å². The maximum Gasteiger partial charge on any atom is 0.337 e. The molecule has 10 heteroatoms. The molecule has 4 rings (SSSR count). The molecule has 0 amide bonds. The van der Waals surface area contributed by atoms with Crippen LogP contribution in [0, 0.1) is 0 Å². The molecule has 0 spiro atoms. The van der Waals surface area contributed by atoms with Gasteiger partial charge >= 0.3 is 12.0 Å². The number of pyridine rings is 1. The number of hydrogen-bond acceptors (Lipinski definition) is 10. The minimum atomic E-state index is -0.391. The second-order valence-corrected chi connectivity index (χ2v) is 7.48. The number of carbonyl (C=O) groups excluding carboxylic acids is 1. The average Bonchev–Trinajstić information content (AvgIpc) is 2.89. The van der Waals surface area contributed by atoms with E-state index in [1.807, 2.05) is 24.3 Å². The van der Waals surface area contributed by atoms with Crippen LogP contribution in [0.2, 0.25) is 0 Å². The standard InChI is InChI=1S/C24H26N6O4/c1-32-23(31)19-6-4-5-18(15-19)17-26-29-21-16-22(30-10-13-33-14-11-30)28-24(27-21)34-12-8-20-7-2-3-9-25-20/h2-7,9,15-16H,8,10-14,17H2,1H3. The average molecular weight is 463 g/mol. The van der Waals surface area contributed by atoms with Crippen molar-refractivity contribution in [1.29, 1.82) is 0 Å². The van der Waals surface area contributed by atoms with Gasteiger partial charge in [-0.1, -0.05) is 18.2 Å². The van der Waals surface area contributed by atoms with Crippen LogP contribution in [0.1, 0.15) is 21.6 Å². The molecule has 2 aromatic heterocycles. The highest BCUT2D eigenvalue weighted by atomic mass is 16.5. The van der Waals surface area contributed by atoms with Crippen LogP contribution >= 0.6 is 0 Å². The predicted molar refractivity (Wildman–Crippen MR) is 125 cm³/mol. The second kappa shape index (κ2) is 11.8. The number of esters is 1. The van der Waals surface area contributed by atoms with E-state index in [2.05, 4.69) is 30.1 Å². The summed E-state index contributed by atoms with van der Waals surface area (Å²) in [5.74, 6) is 0.721. The van der Waals surface area contributed by atoms with Crippen molar-refractivity contribution in [1.82, 2.24) is 15.0 Å². The molecule has 1 saturated heterocycles. The Kier molecular flexibility index (Phi) is 8.07. The molecular formula is C24H26N6O4. The van der Waals surface area contributed by atoms with Crippen molar-refractivity contribution in [2.75, 3.05) is 44.9 Å². The molecule has 1 aromatic carbocycles. The Morgan fingerprint density at radius 1 is 1.12 bits per heavy atom. The zero-order valence-corrected chi connectivity index (χ0v) is 19.0. The van der Waals surface area contributed by atoms with Crippen molar-refractivity contribution in [3.8, 4) is 6.01 Å². The van der Waals surface area contributed by atoms with E-state index in [1.165, 1.54) is 7.11 Å². The zero-order valence-electron chi connectivity index (χ0n) is 19.0. The van der Waals surface area contributed by atoms with E-state index in [9.17, 15) is 4.79 Å². The maximum absolute atomic E-state index is 11.7. The summed E-state index contributed by atoms with van der Waals surface area (Å²) >= 11 is 0. The molecule has 0 saturated carbocycles. The van der Waals surface area contributed by atoms with E-state index in [0.29, 0.717) is 43.4 Å². The van der Waals surface area contributed by atoms with Crippen molar-refractivity contribution in [2.24, 2.45) is 10.2 Å². The number of aromatic nitrogens is 3. The largest absolute Gasteiger partial charge is 0.465 e. The Balaban J connectivity index is 1.47. The molecule has 3 heterocycles. The van der Waals surface area contributed by atoms with Crippen molar-refractivity contribution in [2.45, 2.75) is 13.0 Å². The van der Waals surface area contributed by atoms with Crippen molar-refractivity contribution in [3.05, 3.63) is 71.5 Å². The third kappa shape index (κ3) is 6.55. The summed E-state index contributed by atoms with van der Waals surface area (Å²) in [6.45, 7) is 3.39. The highest BCUT2D eigenvalue weighted by Crippen LogP contribution is 2.23. The number of anilines is 1. The van der Waals surface area contributed by atoms with Crippen LogP contribution in [0.4, 0.5) is 11.6 Å².